The topological polar surface area (TPSA) is 83.4 Å². The number of carbonyl (C=O) groups is 2. The van der Waals surface area contributed by atoms with Crippen molar-refractivity contribution >= 4 is 34.8 Å². The first kappa shape index (κ1) is 18.5. The normalized spacial score (nSPS) is 10.3. The lowest BCUT2D eigenvalue weighted by Gasteiger charge is -2.12. The first-order valence-electron chi connectivity index (χ1n) is 8.31. The second-order valence-corrected chi connectivity index (χ2v) is 6.15. The first-order valence-corrected chi connectivity index (χ1v) is 8.68. The molecule has 2 amide bonds. The predicted octanol–water partition coefficient (Wildman–Crippen LogP) is 3.91. The number of nitrogens with one attached hydrogen (secondary N) is 3. The number of furan rings is 1. The van der Waals surface area contributed by atoms with E-state index in [2.05, 4.69) is 16.0 Å². The molecule has 0 unspecified atom stereocenters. The smallest absolute Gasteiger partial charge is 0.253 e. The highest BCUT2D eigenvalue weighted by Gasteiger charge is 2.12. The molecule has 0 aliphatic heterocycles. The van der Waals surface area contributed by atoms with E-state index in [1.54, 1.807) is 66.9 Å². The summed E-state index contributed by atoms with van der Waals surface area (Å²) in [6.07, 6.45) is 1.55. The van der Waals surface area contributed by atoms with Crippen molar-refractivity contribution in [2.45, 2.75) is 6.54 Å². The molecule has 3 N–H and O–H groups in total. The van der Waals surface area contributed by atoms with Gasteiger partial charge in [0.2, 0.25) is 5.91 Å². The summed E-state index contributed by atoms with van der Waals surface area (Å²) in [6.45, 7) is 0.308. The Morgan fingerprint density at radius 3 is 2.48 bits per heavy atom. The molecule has 7 heteroatoms. The zero-order chi connectivity index (χ0) is 19.1. The Balaban J connectivity index is 1.57. The van der Waals surface area contributed by atoms with Crippen LogP contribution in [0.4, 0.5) is 11.4 Å². The molecule has 0 aliphatic rings. The van der Waals surface area contributed by atoms with Crippen LogP contribution in [0.2, 0.25) is 5.02 Å². The van der Waals surface area contributed by atoms with Gasteiger partial charge < -0.3 is 20.4 Å². The molecule has 1 aromatic heterocycles. The highest BCUT2D eigenvalue weighted by Crippen LogP contribution is 2.16. The van der Waals surface area contributed by atoms with Gasteiger partial charge >= 0.3 is 0 Å². The van der Waals surface area contributed by atoms with E-state index in [4.69, 9.17) is 16.0 Å². The second kappa shape index (κ2) is 8.91. The number of benzene rings is 2. The van der Waals surface area contributed by atoms with E-state index in [9.17, 15) is 9.59 Å². The van der Waals surface area contributed by atoms with Crippen molar-refractivity contribution < 1.29 is 14.0 Å². The Morgan fingerprint density at radius 2 is 1.74 bits per heavy atom. The molecule has 3 rings (SSSR count). The van der Waals surface area contributed by atoms with Crippen LogP contribution in [0.1, 0.15) is 16.1 Å². The molecular formula is C20H18ClN3O3. The van der Waals surface area contributed by atoms with Crippen LogP contribution in [0, 0.1) is 0 Å². The second-order valence-electron chi connectivity index (χ2n) is 5.72. The summed E-state index contributed by atoms with van der Waals surface area (Å²) in [7, 11) is 0. The molecule has 138 valence electrons. The van der Waals surface area contributed by atoms with Gasteiger partial charge in [-0.15, -0.1) is 0 Å². The molecule has 1 heterocycles. The molecule has 0 fully saturated rings. The van der Waals surface area contributed by atoms with Crippen molar-refractivity contribution in [1.82, 2.24) is 5.32 Å². The van der Waals surface area contributed by atoms with E-state index < -0.39 is 0 Å². The van der Waals surface area contributed by atoms with Crippen LogP contribution in [0.5, 0.6) is 0 Å². The minimum Gasteiger partial charge on any atom is -0.467 e. The molecule has 27 heavy (non-hydrogen) atoms. The highest BCUT2D eigenvalue weighted by molar-refractivity contribution is 6.30. The molecule has 0 saturated heterocycles. The van der Waals surface area contributed by atoms with Gasteiger partial charge in [-0.05, 0) is 48.5 Å². The molecule has 3 aromatic rings. The fraction of sp³-hybridized carbons (Fsp3) is 0.100. The molecule has 0 spiro atoms. The van der Waals surface area contributed by atoms with E-state index in [0.29, 0.717) is 27.7 Å². The van der Waals surface area contributed by atoms with E-state index in [1.807, 2.05) is 0 Å². The molecule has 6 nitrogen and oxygen atoms in total. The Bertz CT molecular complexity index is 908. The molecule has 0 radical (unpaired) electrons. The van der Waals surface area contributed by atoms with E-state index in [0.717, 1.165) is 0 Å². The molecular weight excluding hydrogens is 366 g/mol. The summed E-state index contributed by atoms with van der Waals surface area (Å²) in [6, 6.07) is 17.4. The predicted molar refractivity (Wildman–Crippen MR) is 105 cm³/mol. The number of carbonyl (C=O) groups excluding carboxylic acids is 2. The molecule has 0 atom stereocenters. The lowest BCUT2D eigenvalue weighted by Crippen LogP contribution is -2.26. The summed E-state index contributed by atoms with van der Waals surface area (Å²) >= 11 is 5.83. The number of hydrogen-bond donors (Lipinski definition) is 3. The molecule has 0 saturated carbocycles. The lowest BCUT2D eigenvalue weighted by atomic mass is 10.1. The van der Waals surface area contributed by atoms with Crippen LogP contribution in [0.3, 0.4) is 0 Å². The minimum absolute atomic E-state index is 0.0190. The summed E-state index contributed by atoms with van der Waals surface area (Å²) in [5, 5.41) is 9.14. The first-order chi connectivity index (χ1) is 13.1. The average molecular weight is 384 g/mol. The summed E-state index contributed by atoms with van der Waals surface area (Å²) in [4.78, 5) is 24.5. The maximum atomic E-state index is 12.4. The van der Waals surface area contributed by atoms with Crippen molar-refractivity contribution in [3.63, 3.8) is 0 Å². The zero-order valence-electron chi connectivity index (χ0n) is 14.4. The van der Waals surface area contributed by atoms with Crippen LogP contribution < -0.4 is 16.0 Å². The van der Waals surface area contributed by atoms with Crippen LogP contribution in [0.25, 0.3) is 0 Å². The summed E-state index contributed by atoms with van der Waals surface area (Å²) in [5.74, 6) is 0.173. The maximum absolute atomic E-state index is 12.4. The third kappa shape index (κ3) is 5.36. The lowest BCUT2D eigenvalue weighted by molar-refractivity contribution is -0.114. The molecule has 0 aliphatic carbocycles. The van der Waals surface area contributed by atoms with E-state index in [-0.39, 0.29) is 24.9 Å². The van der Waals surface area contributed by atoms with E-state index >= 15 is 0 Å². The van der Waals surface area contributed by atoms with Gasteiger partial charge in [0.25, 0.3) is 5.91 Å². The third-order valence-corrected chi connectivity index (χ3v) is 3.99. The Labute approximate surface area is 161 Å². The number of para-hydroxylation sites is 1. The Kier molecular flexibility index (Phi) is 6.12. The fourth-order valence-corrected chi connectivity index (χ4v) is 2.55. The van der Waals surface area contributed by atoms with Gasteiger partial charge in [-0.1, -0.05) is 23.7 Å². The van der Waals surface area contributed by atoms with Crippen molar-refractivity contribution in [1.29, 1.82) is 0 Å². The van der Waals surface area contributed by atoms with Crippen molar-refractivity contribution in [3.05, 3.63) is 83.3 Å². The van der Waals surface area contributed by atoms with Crippen LogP contribution in [-0.2, 0) is 11.3 Å². The standard InChI is InChI=1S/C20H18ClN3O3/c21-14-7-9-15(10-8-14)24-19(25)13-22-18-6-2-1-5-17(18)20(26)23-12-16-4-3-11-27-16/h1-11,22H,12-13H2,(H,23,26)(H,24,25). The quantitative estimate of drug-likeness (QED) is 0.577. The molecule has 2 aromatic carbocycles. The van der Waals surface area contributed by atoms with Gasteiger partial charge in [0.1, 0.15) is 5.76 Å². The Hall–Kier alpha value is -3.25. The number of rotatable bonds is 7. The van der Waals surface area contributed by atoms with Gasteiger partial charge in [-0.2, -0.15) is 0 Å². The van der Waals surface area contributed by atoms with Crippen LogP contribution in [-0.4, -0.2) is 18.4 Å². The molecule has 0 bridgehead atoms. The van der Waals surface area contributed by atoms with Gasteiger partial charge in [-0.25, -0.2) is 0 Å². The van der Waals surface area contributed by atoms with Gasteiger partial charge in [0, 0.05) is 16.4 Å². The number of amides is 2. The Morgan fingerprint density at radius 1 is 0.963 bits per heavy atom. The largest absolute Gasteiger partial charge is 0.467 e. The highest BCUT2D eigenvalue weighted by atomic mass is 35.5. The summed E-state index contributed by atoms with van der Waals surface area (Å²) < 4.78 is 5.20. The number of halogens is 1. The minimum atomic E-state index is -0.257. The van der Waals surface area contributed by atoms with Crippen molar-refractivity contribution in [2.24, 2.45) is 0 Å². The third-order valence-electron chi connectivity index (χ3n) is 3.74. The van der Waals surface area contributed by atoms with Gasteiger partial charge in [-0.3, -0.25) is 9.59 Å². The SMILES string of the molecule is O=C(CNc1ccccc1C(=O)NCc1ccco1)Nc1ccc(Cl)cc1. The van der Waals surface area contributed by atoms with E-state index in [1.165, 1.54) is 0 Å². The average Bonchev–Trinajstić information content (AvgIpc) is 3.20. The summed E-state index contributed by atoms with van der Waals surface area (Å²) in [5.41, 5.74) is 1.67. The van der Waals surface area contributed by atoms with Crippen molar-refractivity contribution in [3.8, 4) is 0 Å². The fourth-order valence-electron chi connectivity index (χ4n) is 2.42. The van der Waals surface area contributed by atoms with Gasteiger partial charge in [0.15, 0.2) is 0 Å². The van der Waals surface area contributed by atoms with Gasteiger partial charge in [0.05, 0.1) is 24.9 Å². The number of anilines is 2. The van der Waals surface area contributed by atoms with Crippen LogP contribution >= 0.6 is 11.6 Å². The van der Waals surface area contributed by atoms with Crippen molar-refractivity contribution in [2.75, 3.05) is 17.2 Å². The number of hydrogen-bond acceptors (Lipinski definition) is 4. The zero-order valence-corrected chi connectivity index (χ0v) is 15.1. The monoisotopic (exact) mass is 383 g/mol. The maximum Gasteiger partial charge on any atom is 0.253 e. The van der Waals surface area contributed by atoms with Crippen LogP contribution in [0.15, 0.2) is 71.3 Å².